The highest BCUT2D eigenvalue weighted by molar-refractivity contribution is 5.30. The summed E-state index contributed by atoms with van der Waals surface area (Å²) in [4.78, 5) is 0. The van der Waals surface area contributed by atoms with Gasteiger partial charge in [-0.1, -0.05) is 81.4 Å². The van der Waals surface area contributed by atoms with Crippen LogP contribution in [0.2, 0.25) is 0 Å². The lowest BCUT2D eigenvalue weighted by molar-refractivity contribution is 0.163. The van der Waals surface area contributed by atoms with Crippen molar-refractivity contribution in [3.05, 3.63) is 47.6 Å². The molecule has 2 rings (SSSR count). The first kappa shape index (κ1) is 21.3. The molecule has 0 saturated heterocycles. The Hall–Kier alpha value is -1.04. The van der Waals surface area contributed by atoms with Gasteiger partial charge in [0.2, 0.25) is 0 Å². The van der Waals surface area contributed by atoms with E-state index >= 15 is 0 Å². The van der Waals surface area contributed by atoms with E-state index in [1.165, 1.54) is 87.3 Å². The van der Waals surface area contributed by atoms with Gasteiger partial charge in [0.1, 0.15) is 0 Å². The van der Waals surface area contributed by atoms with E-state index in [0.717, 1.165) is 24.2 Å². The normalized spacial score (nSPS) is 26.4. The van der Waals surface area contributed by atoms with E-state index < -0.39 is 0 Å². The highest BCUT2D eigenvalue weighted by atomic mass is 14.3. The lowest BCUT2D eigenvalue weighted by Gasteiger charge is -2.36. The van der Waals surface area contributed by atoms with Crippen molar-refractivity contribution >= 4 is 0 Å². The van der Waals surface area contributed by atoms with Gasteiger partial charge >= 0.3 is 0 Å². The topological polar surface area (TPSA) is 0 Å². The number of rotatable bonds is 8. The Kier molecular flexibility index (Phi) is 9.51. The fraction of sp³-hybridized carbons (Fsp3) is 0.692. The average molecular weight is 355 g/mol. The molecule has 26 heavy (non-hydrogen) atoms. The third-order valence-corrected chi connectivity index (χ3v) is 6.93. The van der Waals surface area contributed by atoms with Gasteiger partial charge in [-0.25, -0.2) is 0 Å². The zero-order chi connectivity index (χ0) is 18.8. The zero-order valence-electron chi connectivity index (χ0n) is 17.7. The molecule has 0 heteroatoms. The van der Waals surface area contributed by atoms with Crippen molar-refractivity contribution in [3.63, 3.8) is 0 Å². The van der Waals surface area contributed by atoms with Crippen LogP contribution in [0.5, 0.6) is 0 Å². The number of allylic oxidation sites excluding steroid dienone is 7. The van der Waals surface area contributed by atoms with Gasteiger partial charge in [0.05, 0.1) is 0 Å². The van der Waals surface area contributed by atoms with Gasteiger partial charge < -0.3 is 0 Å². The van der Waals surface area contributed by atoms with Crippen LogP contribution in [0.15, 0.2) is 47.6 Å². The lowest BCUT2D eigenvalue weighted by atomic mass is 9.70. The quantitative estimate of drug-likeness (QED) is 0.302. The Morgan fingerprint density at radius 3 is 2.12 bits per heavy atom. The molecule has 0 atom stereocenters. The molecule has 0 heterocycles. The first-order valence-electron chi connectivity index (χ1n) is 11.2. The van der Waals surface area contributed by atoms with Crippen LogP contribution in [0.3, 0.4) is 0 Å². The van der Waals surface area contributed by atoms with Crippen LogP contribution in [0.25, 0.3) is 0 Å². The van der Waals surface area contributed by atoms with Gasteiger partial charge in [-0.15, -0.1) is 0 Å². The van der Waals surface area contributed by atoms with E-state index in [1.807, 2.05) is 0 Å². The van der Waals surface area contributed by atoms with E-state index in [1.54, 1.807) is 0 Å². The molecule has 0 aromatic carbocycles. The second kappa shape index (κ2) is 11.6. The molecule has 0 N–H and O–H groups in total. The van der Waals surface area contributed by atoms with Crippen LogP contribution in [0.4, 0.5) is 0 Å². The molecule has 2 aliphatic carbocycles. The number of hydrogen-bond acceptors (Lipinski definition) is 0. The summed E-state index contributed by atoms with van der Waals surface area (Å²) in [5.74, 6) is 3.11. The summed E-state index contributed by atoms with van der Waals surface area (Å²) in [6, 6.07) is 0. The Labute approximate surface area is 163 Å². The molecule has 2 fully saturated rings. The third-order valence-electron chi connectivity index (χ3n) is 6.93. The fourth-order valence-electron chi connectivity index (χ4n) is 4.98. The van der Waals surface area contributed by atoms with Gasteiger partial charge in [-0.3, -0.25) is 0 Å². The Balaban J connectivity index is 1.63. The van der Waals surface area contributed by atoms with Crippen LogP contribution < -0.4 is 0 Å². The average Bonchev–Trinajstić information content (AvgIpc) is 2.67. The van der Waals surface area contributed by atoms with Crippen molar-refractivity contribution in [2.75, 3.05) is 0 Å². The summed E-state index contributed by atoms with van der Waals surface area (Å²) in [6.07, 6.45) is 26.0. The SMILES string of the molecule is C=C(C\C=C/C(C)=C(C)/C=C\C)CCC1CCC(C2CCCCC2)CC1. The summed E-state index contributed by atoms with van der Waals surface area (Å²) in [5, 5.41) is 0. The van der Waals surface area contributed by atoms with Gasteiger partial charge in [0, 0.05) is 0 Å². The Morgan fingerprint density at radius 2 is 1.46 bits per heavy atom. The minimum atomic E-state index is 0.967. The second-order valence-electron chi connectivity index (χ2n) is 8.94. The summed E-state index contributed by atoms with van der Waals surface area (Å²) in [5.41, 5.74) is 4.12. The molecule has 2 saturated carbocycles. The highest BCUT2D eigenvalue weighted by Gasteiger charge is 2.28. The van der Waals surface area contributed by atoms with Crippen LogP contribution in [0.1, 0.15) is 97.8 Å². The van der Waals surface area contributed by atoms with Crippen LogP contribution in [-0.4, -0.2) is 0 Å². The molecular formula is C26H42. The highest BCUT2D eigenvalue weighted by Crippen LogP contribution is 2.41. The molecule has 0 aliphatic heterocycles. The number of hydrogen-bond donors (Lipinski definition) is 0. The minimum Gasteiger partial charge on any atom is -0.0995 e. The Morgan fingerprint density at radius 1 is 0.846 bits per heavy atom. The van der Waals surface area contributed by atoms with Gasteiger partial charge in [-0.05, 0) is 81.8 Å². The van der Waals surface area contributed by atoms with Gasteiger partial charge in [0.25, 0.3) is 0 Å². The summed E-state index contributed by atoms with van der Waals surface area (Å²) in [7, 11) is 0. The molecule has 0 amide bonds. The van der Waals surface area contributed by atoms with Crippen molar-refractivity contribution in [3.8, 4) is 0 Å². The van der Waals surface area contributed by atoms with Gasteiger partial charge in [0.15, 0.2) is 0 Å². The van der Waals surface area contributed by atoms with E-state index in [-0.39, 0.29) is 0 Å². The molecule has 0 spiro atoms. The molecule has 0 aromatic rings. The fourth-order valence-corrected chi connectivity index (χ4v) is 4.98. The molecule has 146 valence electrons. The maximum Gasteiger partial charge on any atom is -0.0138 e. The molecule has 0 aromatic heterocycles. The van der Waals surface area contributed by atoms with Crippen LogP contribution in [0, 0.1) is 17.8 Å². The molecule has 0 radical (unpaired) electrons. The second-order valence-corrected chi connectivity index (χ2v) is 8.94. The van der Waals surface area contributed by atoms with Gasteiger partial charge in [-0.2, -0.15) is 0 Å². The first-order valence-corrected chi connectivity index (χ1v) is 11.2. The maximum absolute atomic E-state index is 4.32. The lowest BCUT2D eigenvalue weighted by Crippen LogP contribution is -2.23. The largest absolute Gasteiger partial charge is 0.0995 e. The van der Waals surface area contributed by atoms with Crippen molar-refractivity contribution in [1.29, 1.82) is 0 Å². The summed E-state index contributed by atoms with van der Waals surface area (Å²) >= 11 is 0. The molecule has 0 nitrogen and oxygen atoms in total. The van der Waals surface area contributed by atoms with E-state index in [2.05, 4.69) is 51.7 Å². The third kappa shape index (κ3) is 7.29. The molecule has 0 unspecified atom stereocenters. The molecule has 0 bridgehead atoms. The summed E-state index contributed by atoms with van der Waals surface area (Å²) < 4.78 is 0. The smallest absolute Gasteiger partial charge is 0.0138 e. The molecule has 2 aliphatic rings. The van der Waals surface area contributed by atoms with Crippen LogP contribution in [-0.2, 0) is 0 Å². The van der Waals surface area contributed by atoms with Crippen molar-refractivity contribution in [2.24, 2.45) is 17.8 Å². The Bertz CT molecular complexity index is 502. The standard InChI is InChI=1S/C26H42/c1-5-10-22(3)23(4)12-9-11-21(2)15-16-24-17-19-26(20-18-24)25-13-7-6-8-14-25/h5,9-10,12,24-26H,2,6-8,11,13-20H2,1,3-4H3/b10-5-,12-9-,23-22+. The van der Waals surface area contributed by atoms with Crippen molar-refractivity contribution in [2.45, 2.75) is 97.8 Å². The van der Waals surface area contributed by atoms with E-state index in [4.69, 9.17) is 0 Å². The molecular weight excluding hydrogens is 312 g/mol. The monoisotopic (exact) mass is 354 g/mol. The summed E-state index contributed by atoms with van der Waals surface area (Å²) in [6.45, 7) is 10.8. The van der Waals surface area contributed by atoms with Crippen molar-refractivity contribution < 1.29 is 0 Å². The van der Waals surface area contributed by atoms with E-state index in [0.29, 0.717) is 0 Å². The first-order chi connectivity index (χ1) is 12.6. The van der Waals surface area contributed by atoms with E-state index in [9.17, 15) is 0 Å². The predicted octanol–water partition coefficient (Wildman–Crippen LogP) is 8.57. The van der Waals surface area contributed by atoms with Crippen molar-refractivity contribution in [1.82, 2.24) is 0 Å². The van der Waals surface area contributed by atoms with Crippen LogP contribution >= 0.6 is 0 Å². The minimum absolute atomic E-state index is 0.967. The zero-order valence-corrected chi connectivity index (χ0v) is 17.7. The maximum atomic E-state index is 4.32. The predicted molar refractivity (Wildman–Crippen MR) is 117 cm³/mol.